The molecular formula is C14H29N5O. The van der Waals surface area contributed by atoms with E-state index in [1.807, 2.05) is 18.8 Å². The molecule has 0 fully saturated rings. The largest absolute Gasteiger partial charge is 0.493 e. The van der Waals surface area contributed by atoms with E-state index >= 15 is 0 Å². The fourth-order valence-corrected chi connectivity index (χ4v) is 2.21. The minimum absolute atomic E-state index is 0.0228. The number of nitrogens with zero attached hydrogens (tertiary/aromatic N) is 3. The standard InChI is InChI=1S/C14H29N5O/c1-14(2,3)9-11(17-15)13-12(20-6)10-16-19(13)8-7-18(4)5/h10-11,17H,7-9,15H2,1-6H3. The van der Waals surface area contributed by atoms with Gasteiger partial charge in [0.05, 0.1) is 31.6 Å². The van der Waals surface area contributed by atoms with E-state index in [1.54, 1.807) is 13.3 Å². The van der Waals surface area contributed by atoms with Gasteiger partial charge in [-0.15, -0.1) is 0 Å². The number of ether oxygens (including phenoxy) is 1. The molecule has 6 heteroatoms. The first-order valence-electron chi connectivity index (χ1n) is 6.99. The van der Waals surface area contributed by atoms with E-state index in [9.17, 15) is 0 Å². The fraction of sp³-hybridized carbons (Fsp3) is 0.786. The monoisotopic (exact) mass is 283 g/mol. The van der Waals surface area contributed by atoms with Gasteiger partial charge >= 0.3 is 0 Å². The summed E-state index contributed by atoms with van der Waals surface area (Å²) in [5.41, 5.74) is 4.09. The van der Waals surface area contributed by atoms with E-state index in [-0.39, 0.29) is 11.5 Å². The van der Waals surface area contributed by atoms with Crippen molar-refractivity contribution in [2.75, 3.05) is 27.7 Å². The lowest BCUT2D eigenvalue weighted by Crippen LogP contribution is -2.33. The number of hydrazine groups is 1. The summed E-state index contributed by atoms with van der Waals surface area (Å²) in [6, 6.07) is 0.0228. The summed E-state index contributed by atoms with van der Waals surface area (Å²) in [6.45, 7) is 8.33. The molecule has 6 nitrogen and oxygen atoms in total. The van der Waals surface area contributed by atoms with Gasteiger partial charge in [-0.2, -0.15) is 5.10 Å². The van der Waals surface area contributed by atoms with Crippen LogP contribution in [0.15, 0.2) is 6.20 Å². The Morgan fingerprint density at radius 3 is 2.55 bits per heavy atom. The zero-order valence-corrected chi connectivity index (χ0v) is 13.6. The fourth-order valence-electron chi connectivity index (χ4n) is 2.21. The minimum Gasteiger partial charge on any atom is -0.493 e. The topological polar surface area (TPSA) is 68.3 Å². The van der Waals surface area contributed by atoms with Crippen molar-refractivity contribution in [3.05, 3.63) is 11.9 Å². The van der Waals surface area contributed by atoms with Crippen LogP contribution >= 0.6 is 0 Å². The van der Waals surface area contributed by atoms with Crippen LogP contribution in [0.2, 0.25) is 0 Å². The molecule has 1 heterocycles. The smallest absolute Gasteiger partial charge is 0.161 e. The number of methoxy groups -OCH3 is 1. The summed E-state index contributed by atoms with van der Waals surface area (Å²) in [5, 5.41) is 4.43. The summed E-state index contributed by atoms with van der Waals surface area (Å²) in [5.74, 6) is 6.55. The van der Waals surface area contributed by atoms with Gasteiger partial charge in [0, 0.05) is 6.54 Å². The number of nitrogens with one attached hydrogen (secondary N) is 1. The summed E-state index contributed by atoms with van der Waals surface area (Å²) in [6.07, 6.45) is 2.67. The predicted octanol–water partition coefficient (Wildman–Crippen LogP) is 1.39. The molecular weight excluding hydrogens is 254 g/mol. The summed E-state index contributed by atoms with van der Waals surface area (Å²) < 4.78 is 7.42. The number of likely N-dealkylation sites (N-methyl/N-ethyl adjacent to an activating group) is 1. The quantitative estimate of drug-likeness (QED) is 0.585. The van der Waals surface area contributed by atoms with Crippen LogP contribution < -0.4 is 16.0 Å². The van der Waals surface area contributed by atoms with Crippen molar-refractivity contribution in [3.8, 4) is 5.75 Å². The van der Waals surface area contributed by atoms with E-state index in [0.29, 0.717) is 0 Å². The molecule has 0 aliphatic heterocycles. The Kier molecular flexibility index (Phi) is 5.98. The number of rotatable bonds is 7. The zero-order chi connectivity index (χ0) is 15.3. The van der Waals surface area contributed by atoms with Gasteiger partial charge in [-0.3, -0.25) is 16.0 Å². The second-order valence-corrected chi connectivity index (χ2v) is 6.61. The third kappa shape index (κ3) is 4.77. The van der Waals surface area contributed by atoms with Gasteiger partial charge in [0.1, 0.15) is 0 Å². The van der Waals surface area contributed by atoms with E-state index < -0.39 is 0 Å². The van der Waals surface area contributed by atoms with E-state index in [2.05, 4.69) is 36.2 Å². The minimum atomic E-state index is 0.0228. The highest BCUT2D eigenvalue weighted by atomic mass is 16.5. The van der Waals surface area contributed by atoms with Crippen molar-refractivity contribution in [1.29, 1.82) is 0 Å². The van der Waals surface area contributed by atoms with Crippen molar-refractivity contribution in [3.63, 3.8) is 0 Å². The summed E-state index contributed by atoms with van der Waals surface area (Å²) in [4.78, 5) is 2.13. The normalized spacial score (nSPS) is 13.8. The number of hydrogen-bond acceptors (Lipinski definition) is 5. The van der Waals surface area contributed by atoms with Gasteiger partial charge in [0.2, 0.25) is 0 Å². The maximum atomic E-state index is 5.76. The molecule has 0 amide bonds. The molecule has 0 bridgehead atoms. The molecule has 1 unspecified atom stereocenters. The van der Waals surface area contributed by atoms with Crippen LogP contribution in [-0.4, -0.2) is 42.4 Å². The average Bonchev–Trinajstić information content (AvgIpc) is 2.75. The SMILES string of the molecule is COc1cnn(CCN(C)C)c1C(CC(C)(C)C)NN. The van der Waals surface area contributed by atoms with Crippen molar-refractivity contribution < 1.29 is 4.74 Å². The first-order valence-corrected chi connectivity index (χ1v) is 6.99. The third-order valence-corrected chi connectivity index (χ3v) is 3.17. The van der Waals surface area contributed by atoms with E-state index in [1.165, 1.54) is 0 Å². The van der Waals surface area contributed by atoms with Gasteiger partial charge in [-0.25, -0.2) is 0 Å². The molecule has 1 aromatic rings. The molecule has 3 N–H and O–H groups in total. The maximum absolute atomic E-state index is 5.76. The van der Waals surface area contributed by atoms with Crippen molar-refractivity contribution in [1.82, 2.24) is 20.1 Å². The molecule has 0 aliphatic rings. The van der Waals surface area contributed by atoms with Crippen LogP contribution in [-0.2, 0) is 6.54 Å². The molecule has 0 aliphatic carbocycles. The average molecular weight is 283 g/mol. The molecule has 0 saturated heterocycles. The Balaban J connectivity index is 3.01. The van der Waals surface area contributed by atoms with Gasteiger partial charge < -0.3 is 9.64 Å². The molecule has 1 aromatic heterocycles. The molecule has 0 radical (unpaired) electrons. The lowest BCUT2D eigenvalue weighted by atomic mass is 9.87. The van der Waals surface area contributed by atoms with Gasteiger partial charge in [0.25, 0.3) is 0 Å². The highest BCUT2D eigenvalue weighted by Gasteiger charge is 2.25. The molecule has 0 spiro atoms. The Bertz CT molecular complexity index is 408. The Labute approximate surface area is 122 Å². The van der Waals surface area contributed by atoms with Gasteiger partial charge in [-0.05, 0) is 25.9 Å². The molecule has 1 rings (SSSR count). The van der Waals surface area contributed by atoms with Crippen LogP contribution in [0.1, 0.15) is 38.9 Å². The van der Waals surface area contributed by atoms with Crippen LogP contribution in [0.3, 0.4) is 0 Å². The maximum Gasteiger partial charge on any atom is 0.161 e. The highest BCUT2D eigenvalue weighted by Crippen LogP contribution is 2.33. The molecule has 116 valence electrons. The Morgan fingerprint density at radius 1 is 1.45 bits per heavy atom. The van der Waals surface area contributed by atoms with E-state index in [0.717, 1.165) is 31.0 Å². The number of nitrogens with two attached hydrogens (primary N) is 1. The zero-order valence-electron chi connectivity index (χ0n) is 13.6. The van der Waals surface area contributed by atoms with Crippen molar-refractivity contribution >= 4 is 0 Å². The first-order chi connectivity index (χ1) is 9.28. The Morgan fingerprint density at radius 2 is 2.10 bits per heavy atom. The first kappa shape index (κ1) is 16.9. The number of aromatic nitrogens is 2. The van der Waals surface area contributed by atoms with Crippen LogP contribution in [0.25, 0.3) is 0 Å². The second-order valence-electron chi connectivity index (χ2n) is 6.61. The third-order valence-electron chi connectivity index (χ3n) is 3.17. The van der Waals surface area contributed by atoms with Gasteiger partial charge in [-0.1, -0.05) is 20.8 Å². The van der Waals surface area contributed by atoms with Gasteiger partial charge in [0.15, 0.2) is 5.75 Å². The van der Waals surface area contributed by atoms with Crippen LogP contribution in [0.4, 0.5) is 0 Å². The van der Waals surface area contributed by atoms with Crippen LogP contribution in [0.5, 0.6) is 5.75 Å². The van der Waals surface area contributed by atoms with Crippen molar-refractivity contribution in [2.45, 2.75) is 39.8 Å². The molecule has 1 atom stereocenters. The lowest BCUT2D eigenvalue weighted by Gasteiger charge is -2.26. The molecule has 0 saturated carbocycles. The summed E-state index contributed by atoms with van der Waals surface area (Å²) >= 11 is 0. The molecule has 0 aromatic carbocycles. The predicted molar refractivity (Wildman–Crippen MR) is 81.5 cm³/mol. The van der Waals surface area contributed by atoms with Crippen molar-refractivity contribution in [2.24, 2.45) is 11.3 Å². The number of hydrogen-bond donors (Lipinski definition) is 2. The second kappa shape index (κ2) is 7.06. The molecule has 20 heavy (non-hydrogen) atoms. The Hall–Kier alpha value is -1.11. The lowest BCUT2D eigenvalue weighted by molar-refractivity contribution is 0.290. The van der Waals surface area contributed by atoms with E-state index in [4.69, 9.17) is 10.6 Å². The van der Waals surface area contributed by atoms with Crippen LogP contribution in [0, 0.1) is 5.41 Å². The summed E-state index contributed by atoms with van der Waals surface area (Å²) in [7, 11) is 5.77. The highest BCUT2D eigenvalue weighted by molar-refractivity contribution is 5.28.